The second-order valence-corrected chi connectivity index (χ2v) is 4.78. The fourth-order valence-corrected chi connectivity index (χ4v) is 1.86. The monoisotopic (exact) mass is 309 g/mol. The van der Waals surface area contributed by atoms with E-state index in [9.17, 15) is 14.4 Å². The van der Waals surface area contributed by atoms with Gasteiger partial charge in [-0.25, -0.2) is 9.59 Å². The number of carbonyl (C=O) groups is 3. The van der Waals surface area contributed by atoms with E-state index in [2.05, 4.69) is 5.32 Å². The molecule has 0 aliphatic carbocycles. The van der Waals surface area contributed by atoms with Crippen LogP contribution in [0.4, 0.5) is 4.79 Å². The van der Waals surface area contributed by atoms with E-state index in [1.54, 1.807) is 31.2 Å². The predicted molar refractivity (Wildman–Crippen MR) is 77.2 cm³/mol. The van der Waals surface area contributed by atoms with Crippen molar-refractivity contribution in [2.24, 2.45) is 5.92 Å². The highest BCUT2D eigenvalue weighted by atomic mass is 16.5. The number of rotatable bonds is 8. The van der Waals surface area contributed by atoms with E-state index in [1.165, 1.54) is 0 Å². The van der Waals surface area contributed by atoms with Crippen LogP contribution in [0.15, 0.2) is 30.3 Å². The molecule has 0 aliphatic heterocycles. The first-order valence-electron chi connectivity index (χ1n) is 6.86. The number of carboxylic acid groups (broad SMARTS) is 2. The summed E-state index contributed by atoms with van der Waals surface area (Å²) >= 11 is 0. The fourth-order valence-electron chi connectivity index (χ4n) is 1.86. The molecule has 3 N–H and O–H groups in total. The van der Waals surface area contributed by atoms with Gasteiger partial charge < -0.3 is 20.3 Å². The number of hydrogen-bond acceptors (Lipinski definition) is 4. The zero-order valence-corrected chi connectivity index (χ0v) is 12.2. The van der Waals surface area contributed by atoms with Gasteiger partial charge >= 0.3 is 18.0 Å². The van der Waals surface area contributed by atoms with Crippen molar-refractivity contribution >= 4 is 18.0 Å². The Hall–Kier alpha value is -2.57. The molecule has 0 saturated carbocycles. The molecule has 0 spiro atoms. The summed E-state index contributed by atoms with van der Waals surface area (Å²) in [5, 5.41) is 20.2. The molecule has 0 saturated heterocycles. The van der Waals surface area contributed by atoms with Crippen molar-refractivity contribution in [3.05, 3.63) is 35.9 Å². The Morgan fingerprint density at radius 2 is 1.77 bits per heavy atom. The number of aliphatic carboxylic acids is 2. The molecule has 1 amide bonds. The van der Waals surface area contributed by atoms with Gasteiger partial charge in [-0.2, -0.15) is 0 Å². The molecule has 120 valence electrons. The average Bonchev–Trinajstić information content (AvgIpc) is 2.49. The molecule has 0 fully saturated rings. The molecular formula is C15H19NO6. The SMILES string of the molecule is CCC(C[C@H](NC(=O)OCc1ccccc1)C(=O)O)C(=O)O. The molecule has 7 nitrogen and oxygen atoms in total. The summed E-state index contributed by atoms with van der Waals surface area (Å²) in [7, 11) is 0. The van der Waals surface area contributed by atoms with Crippen molar-refractivity contribution in [2.45, 2.75) is 32.4 Å². The third-order valence-corrected chi connectivity index (χ3v) is 3.17. The van der Waals surface area contributed by atoms with Gasteiger partial charge in [-0.15, -0.1) is 0 Å². The minimum atomic E-state index is -1.30. The molecular weight excluding hydrogens is 290 g/mol. The largest absolute Gasteiger partial charge is 0.481 e. The van der Waals surface area contributed by atoms with Gasteiger partial charge in [0.15, 0.2) is 0 Å². The molecule has 7 heteroatoms. The summed E-state index contributed by atoms with van der Waals surface area (Å²) in [6.45, 7) is 1.65. The molecule has 22 heavy (non-hydrogen) atoms. The summed E-state index contributed by atoms with van der Waals surface area (Å²) in [4.78, 5) is 33.7. The number of alkyl carbamates (subject to hydrolysis) is 1. The quantitative estimate of drug-likeness (QED) is 0.675. The van der Waals surface area contributed by atoms with Gasteiger partial charge in [-0.1, -0.05) is 37.3 Å². The Morgan fingerprint density at radius 1 is 1.14 bits per heavy atom. The van der Waals surface area contributed by atoms with Gasteiger partial charge in [0.05, 0.1) is 5.92 Å². The van der Waals surface area contributed by atoms with Crippen LogP contribution in [0.5, 0.6) is 0 Å². The first-order valence-corrected chi connectivity index (χ1v) is 6.86. The van der Waals surface area contributed by atoms with Gasteiger partial charge in [0, 0.05) is 0 Å². The zero-order valence-electron chi connectivity index (χ0n) is 12.2. The highest BCUT2D eigenvalue weighted by molar-refractivity contribution is 5.81. The van der Waals surface area contributed by atoms with Crippen LogP contribution in [0.3, 0.4) is 0 Å². The van der Waals surface area contributed by atoms with E-state index in [0.29, 0.717) is 0 Å². The van der Waals surface area contributed by atoms with Crippen LogP contribution in [0.2, 0.25) is 0 Å². The first kappa shape index (κ1) is 17.5. The average molecular weight is 309 g/mol. The number of hydrogen-bond donors (Lipinski definition) is 3. The standard InChI is InChI=1S/C15H19NO6/c1-2-11(13(17)18)8-12(14(19)20)16-15(21)22-9-10-6-4-3-5-7-10/h3-7,11-12H,2,8-9H2,1H3,(H,16,21)(H,17,18)(H,19,20)/t11?,12-/m0/s1. The molecule has 0 aliphatic rings. The second-order valence-electron chi connectivity index (χ2n) is 4.78. The number of benzene rings is 1. The van der Waals surface area contributed by atoms with Crippen LogP contribution >= 0.6 is 0 Å². The predicted octanol–water partition coefficient (Wildman–Crippen LogP) is 1.87. The number of nitrogens with one attached hydrogen (secondary N) is 1. The van der Waals surface area contributed by atoms with Crippen molar-refractivity contribution in [1.29, 1.82) is 0 Å². The minimum Gasteiger partial charge on any atom is -0.481 e. The first-order chi connectivity index (χ1) is 10.4. The third-order valence-electron chi connectivity index (χ3n) is 3.17. The summed E-state index contributed by atoms with van der Waals surface area (Å²) < 4.78 is 4.92. The van der Waals surface area contributed by atoms with Crippen LogP contribution in [0.1, 0.15) is 25.3 Å². The van der Waals surface area contributed by atoms with Crippen molar-refractivity contribution in [2.75, 3.05) is 0 Å². The normalized spacial score (nSPS) is 13.0. The van der Waals surface area contributed by atoms with Crippen LogP contribution in [0.25, 0.3) is 0 Å². The molecule has 0 bridgehead atoms. The van der Waals surface area contributed by atoms with Gasteiger partial charge in [-0.05, 0) is 18.4 Å². The lowest BCUT2D eigenvalue weighted by Crippen LogP contribution is -2.43. The lowest BCUT2D eigenvalue weighted by molar-refractivity contribution is -0.144. The lowest BCUT2D eigenvalue weighted by Gasteiger charge is -2.18. The highest BCUT2D eigenvalue weighted by Crippen LogP contribution is 2.12. The van der Waals surface area contributed by atoms with E-state index in [1.807, 2.05) is 6.07 Å². The smallest absolute Gasteiger partial charge is 0.408 e. The topological polar surface area (TPSA) is 113 Å². The van der Waals surface area contributed by atoms with E-state index < -0.39 is 30.0 Å². The van der Waals surface area contributed by atoms with Crippen molar-refractivity contribution < 1.29 is 29.3 Å². The maximum absolute atomic E-state index is 11.6. The Bertz CT molecular complexity index is 516. The van der Waals surface area contributed by atoms with Crippen LogP contribution in [0, 0.1) is 5.92 Å². The van der Waals surface area contributed by atoms with Crippen LogP contribution in [-0.4, -0.2) is 34.3 Å². The van der Waals surface area contributed by atoms with E-state index in [0.717, 1.165) is 5.56 Å². The number of carboxylic acids is 2. The number of carbonyl (C=O) groups excluding carboxylic acids is 1. The van der Waals surface area contributed by atoms with Gasteiger partial charge in [0.2, 0.25) is 0 Å². The Kier molecular flexibility index (Phi) is 6.88. The molecule has 1 unspecified atom stereocenters. The Morgan fingerprint density at radius 3 is 2.27 bits per heavy atom. The van der Waals surface area contributed by atoms with E-state index >= 15 is 0 Å². The van der Waals surface area contributed by atoms with Crippen molar-refractivity contribution in [1.82, 2.24) is 5.32 Å². The highest BCUT2D eigenvalue weighted by Gasteiger charge is 2.27. The molecule has 0 heterocycles. The van der Waals surface area contributed by atoms with Gasteiger partial charge in [0.1, 0.15) is 12.6 Å². The zero-order chi connectivity index (χ0) is 16.5. The van der Waals surface area contributed by atoms with E-state index in [-0.39, 0.29) is 19.4 Å². The molecule has 0 radical (unpaired) electrons. The summed E-state index contributed by atoms with van der Waals surface area (Å²) in [5.41, 5.74) is 0.765. The lowest BCUT2D eigenvalue weighted by atomic mass is 9.97. The van der Waals surface area contributed by atoms with Gasteiger partial charge in [0.25, 0.3) is 0 Å². The number of amides is 1. The van der Waals surface area contributed by atoms with Crippen molar-refractivity contribution in [3.63, 3.8) is 0 Å². The summed E-state index contributed by atoms with van der Waals surface area (Å²) in [6.07, 6.45) is -0.807. The Labute approximate surface area is 127 Å². The molecule has 1 aromatic carbocycles. The van der Waals surface area contributed by atoms with Crippen LogP contribution in [-0.2, 0) is 20.9 Å². The minimum absolute atomic E-state index is 0.00908. The maximum atomic E-state index is 11.6. The van der Waals surface area contributed by atoms with Gasteiger partial charge in [-0.3, -0.25) is 4.79 Å². The molecule has 1 rings (SSSR count). The fraction of sp³-hybridized carbons (Fsp3) is 0.400. The third kappa shape index (κ3) is 5.82. The molecule has 2 atom stereocenters. The Balaban J connectivity index is 2.53. The number of ether oxygens (including phenoxy) is 1. The summed E-state index contributed by atoms with van der Waals surface area (Å²) in [6, 6.07) is 7.62. The molecule has 0 aromatic heterocycles. The van der Waals surface area contributed by atoms with Crippen molar-refractivity contribution in [3.8, 4) is 0 Å². The van der Waals surface area contributed by atoms with E-state index in [4.69, 9.17) is 14.9 Å². The maximum Gasteiger partial charge on any atom is 0.408 e. The summed E-state index contributed by atoms with van der Waals surface area (Å²) in [5.74, 6) is -3.22. The van der Waals surface area contributed by atoms with Crippen LogP contribution < -0.4 is 5.32 Å². The second kappa shape index (κ2) is 8.66. The molecule has 1 aromatic rings.